The molecule has 2 fully saturated rings. The van der Waals surface area contributed by atoms with Crippen molar-refractivity contribution < 1.29 is 23.7 Å². The lowest BCUT2D eigenvalue weighted by Crippen LogP contribution is -2.37. The number of benzene rings is 1. The Morgan fingerprint density at radius 1 is 1.17 bits per heavy atom. The van der Waals surface area contributed by atoms with Crippen LogP contribution in [0.1, 0.15) is 68.8 Å². The average molecular weight is 416 g/mol. The molecule has 0 bridgehead atoms. The molecular formula is C24H33NO5. The first-order valence-corrected chi connectivity index (χ1v) is 11.2. The van der Waals surface area contributed by atoms with E-state index in [0.717, 1.165) is 25.7 Å². The van der Waals surface area contributed by atoms with Crippen LogP contribution >= 0.6 is 0 Å². The molecule has 2 aliphatic heterocycles. The summed E-state index contributed by atoms with van der Waals surface area (Å²) in [5.41, 5.74) is 1.17. The zero-order valence-electron chi connectivity index (χ0n) is 18.4. The maximum atomic E-state index is 13.2. The largest absolute Gasteiger partial charge is 0.458 e. The molecule has 0 radical (unpaired) electrons. The van der Waals surface area contributed by atoms with Crippen LogP contribution in [-0.4, -0.2) is 43.7 Å². The van der Waals surface area contributed by atoms with E-state index in [4.69, 9.17) is 23.9 Å². The molecular weight excluding hydrogens is 382 g/mol. The van der Waals surface area contributed by atoms with E-state index in [1.54, 1.807) is 13.2 Å². The number of esters is 1. The lowest BCUT2D eigenvalue weighted by molar-refractivity contribution is -0.235. The first-order valence-electron chi connectivity index (χ1n) is 11.2. The number of carbonyl (C=O) groups is 1. The predicted molar refractivity (Wildman–Crippen MR) is 113 cm³/mol. The van der Waals surface area contributed by atoms with Gasteiger partial charge < -0.3 is 18.9 Å². The molecule has 2 heterocycles. The molecule has 30 heavy (non-hydrogen) atoms. The topological polar surface area (TPSA) is 66.4 Å². The molecule has 0 N–H and O–H groups in total. The number of hydrogen-bond acceptors (Lipinski definition) is 6. The fraction of sp³-hybridized carbons (Fsp3) is 0.667. The van der Waals surface area contributed by atoms with Gasteiger partial charge in [-0.15, -0.1) is 0 Å². The first-order chi connectivity index (χ1) is 14.5. The molecule has 0 aromatic heterocycles. The van der Waals surface area contributed by atoms with Crippen molar-refractivity contribution in [2.24, 2.45) is 22.7 Å². The second kappa shape index (κ2) is 9.06. The molecule has 1 saturated heterocycles. The van der Waals surface area contributed by atoms with Gasteiger partial charge in [-0.3, -0.25) is 0 Å². The first kappa shape index (κ1) is 21.3. The van der Waals surface area contributed by atoms with Gasteiger partial charge in [0.05, 0.1) is 11.1 Å². The second-order valence-corrected chi connectivity index (χ2v) is 9.18. The second-order valence-electron chi connectivity index (χ2n) is 9.18. The molecule has 164 valence electrons. The summed E-state index contributed by atoms with van der Waals surface area (Å²) >= 11 is 0. The van der Waals surface area contributed by atoms with Crippen LogP contribution in [0.5, 0.6) is 0 Å². The van der Waals surface area contributed by atoms with Crippen LogP contribution in [0.3, 0.4) is 0 Å². The number of hydrogen-bond donors (Lipinski definition) is 0. The number of rotatable bonds is 5. The maximum absolute atomic E-state index is 13.2. The van der Waals surface area contributed by atoms with Crippen LogP contribution in [0.15, 0.2) is 29.3 Å². The molecule has 0 spiro atoms. The van der Waals surface area contributed by atoms with Crippen LogP contribution in [-0.2, 0) is 18.9 Å². The lowest BCUT2D eigenvalue weighted by atomic mass is 9.75. The van der Waals surface area contributed by atoms with Gasteiger partial charge in [0.25, 0.3) is 0 Å². The van der Waals surface area contributed by atoms with E-state index in [1.807, 2.05) is 18.2 Å². The lowest BCUT2D eigenvalue weighted by Gasteiger charge is -2.36. The van der Waals surface area contributed by atoms with Crippen molar-refractivity contribution in [2.45, 2.75) is 77.6 Å². The predicted octanol–water partition coefficient (Wildman–Crippen LogP) is 4.56. The minimum absolute atomic E-state index is 0.0471. The highest BCUT2D eigenvalue weighted by Crippen LogP contribution is 2.36. The summed E-state index contributed by atoms with van der Waals surface area (Å²) in [6.07, 6.45) is 4.04. The van der Waals surface area contributed by atoms with Crippen molar-refractivity contribution in [2.75, 3.05) is 7.11 Å². The molecule has 1 aromatic rings. The Balaban J connectivity index is 1.51. The molecule has 1 aromatic carbocycles. The van der Waals surface area contributed by atoms with Crippen molar-refractivity contribution in [3.8, 4) is 0 Å². The quantitative estimate of drug-likeness (QED) is 0.660. The van der Waals surface area contributed by atoms with E-state index >= 15 is 0 Å². The Morgan fingerprint density at radius 2 is 1.97 bits per heavy atom. The van der Waals surface area contributed by atoms with E-state index < -0.39 is 6.29 Å². The van der Waals surface area contributed by atoms with E-state index in [1.165, 1.54) is 6.42 Å². The molecule has 6 nitrogen and oxygen atoms in total. The zero-order chi connectivity index (χ0) is 21.3. The summed E-state index contributed by atoms with van der Waals surface area (Å²) in [5.74, 6) is 1.62. The third-order valence-electron chi connectivity index (χ3n) is 6.67. The van der Waals surface area contributed by atoms with Gasteiger partial charge in [-0.05, 0) is 49.1 Å². The Morgan fingerprint density at radius 3 is 2.73 bits per heavy atom. The van der Waals surface area contributed by atoms with E-state index in [-0.39, 0.29) is 24.4 Å². The smallest absolute Gasteiger partial charge is 0.339 e. The van der Waals surface area contributed by atoms with Crippen molar-refractivity contribution in [3.63, 3.8) is 0 Å². The highest BCUT2D eigenvalue weighted by atomic mass is 16.8. The fourth-order valence-electron chi connectivity index (χ4n) is 4.88. The molecule has 1 saturated carbocycles. The van der Waals surface area contributed by atoms with Crippen LogP contribution < -0.4 is 0 Å². The number of methoxy groups -OCH3 is 1. The molecule has 0 amide bonds. The summed E-state index contributed by atoms with van der Waals surface area (Å²) < 4.78 is 23.2. The number of fused-ring (bicyclic) bond motifs is 1. The van der Waals surface area contributed by atoms with Gasteiger partial charge in [-0.25, -0.2) is 9.79 Å². The summed E-state index contributed by atoms with van der Waals surface area (Å²) in [4.78, 5) is 17.9. The van der Waals surface area contributed by atoms with Gasteiger partial charge in [-0.1, -0.05) is 39.3 Å². The Kier molecular flexibility index (Phi) is 6.44. The van der Waals surface area contributed by atoms with E-state index in [2.05, 4.69) is 20.8 Å². The zero-order valence-corrected chi connectivity index (χ0v) is 18.4. The number of ether oxygens (including phenoxy) is 4. The summed E-state index contributed by atoms with van der Waals surface area (Å²) in [6, 6.07) is 7.33. The van der Waals surface area contributed by atoms with Gasteiger partial charge in [0, 0.05) is 13.5 Å². The van der Waals surface area contributed by atoms with Gasteiger partial charge in [0.2, 0.25) is 12.2 Å². The van der Waals surface area contributed by atoms with E-state index in [0.29, 0.717) is 34.8 Å². The minimum Gasteiger partial charge on any atom is -0.458 e. The minimum atomic E-state index is -0.465. The van der Waals surface area contributed by atoms with Gasteiger partial charge >= 0.3 is 5.97 Å². The Hall–Kier alpha value is -1.92. The SMILES string of the molecule is CO[C@H]1CC[C@@H]2N=C(c3ccccc3C(=O)O[C@@H]3C[C@H](C)CC[C@H]3C(C)C)O[C@@H]2O1. The Bertz CT molecular complexity index is 792. The summed E-state index contributed by atoms with van der Waals surface area (Å²) in [6.45, 7) is 6.67. The number of carbonyl (C=O) groups excluding carboxylic acids is 1. The summed E-state index contributed by atoms with van der Waals surface area (Å²) in [5, 5.41) is 0. The van der Waals surface area contributed by atoms with Gasteiger partial charge in [0.1, 0.15) is 12.1 Å². The van der Waals surface area contributed by atoms with Crippen LogP contribution in [0, 0.1) is 17.8 Å². The molecule has 1 aliphatic carbocycles. The molecule has 6 atom stereocenters. The maximum Gasteiger partial charge on any atom is 0.339 e. The molecule has 6 heteroatoms. The highest BCUT2D eigenvalue weighted by Gasteiger charge is 2.40. The molecule has 0 unspecified atom stereocenters. The Labute approximate surface area is 178 Å². The van der Waals surface area contributed by atoms with E-state index in [9.17, 15) is 4.79 Å². The van der Waals surface area contributed by atoms with Crippen molar-refractivity contribution in [1.82, 2.24) is 0 Å². The van der Waals surface area contributed by atoms with Crippen LogP contribution in [0.4, 0.5) is 0 Å². The molecule has 4 rings (SSSR count). The fourth-order valence-corrected chi connectivity index (χ4v) is 4.88. The van der Waals surface area contributed by atoms with Crippen molar-refractivity contribution >= 4 is 11.9 Å². The van der Waals surface area contributed by atoms with Gasteiger partial charge in [0.15, 0.2) is 6.29 Å². The van der Waals surface area contributed by atoms with Gasteiger partial charge in [-0.2, -0.15) is 0 Å². The van der Waals surface area contributed by atoms with Crippen molar-refractivity contribution in [3.05, 3.63) is 35.4 Å². The average Bonchev–Trinajstić information content (AvgIpc) is 3.16. The third-order valence-corrected chi connectivity index (χ3v) is 6.67. The van der Waals surface area contributed by atoms with Crippen LogP contribution in [0.2, 0.25) is 0 Å². The molecule has 3 aliphatic rings. The normalized spacial score (nSPS) is 33.6. The number of nitrogens with zero attached hydrogens (tertiary/aromatic N) is 1. The highest BCUT2D eigenvalue weighted by molar-refractivity contribution is 6.06. The third kappa shape index (κ3) is 4.40. The van der Waals surface area contributed by atoms with Crippen molar-refractivity contribution in [1.29, 1.82) is 0 Å². The van der Waals surface area contributed by atoms with Crippen LogP contribution in [0.25, 0.3) is 0 Å². The summed E-state index contributed by atoms with van der Waals surface area (Å²) in [7, 11) is 1.63. The monoisotopic (exact) mass is 415 g/mol. The standard InChI is InChI=1S/C24H33NO5/c1-14(2)16-10-9-15(3)13-20(16)28-23(26)18-8-6-5-7-17(18)22-25-19-11-12-21(27-4)29-24(19)30-22/h5-8,14-16,19-21,24H,9-13H2,1-4H3/t15-,16+,19+,20-,21-,24+/m1/s1. The number of aliphatic imine (C=N–C) groups is 1.